The first-order chi connectivity index (χ1) is 11.6. The molecule has 6 heteroatoms. The van der Waals surface area contributed by atoms with Crippen LogP contribution >= 0.6 is 11.8 Å². The van der Waals surface area contributed by atoms with Crippen LogP contribution in [-0.4, -0.2) is 45.1 Å². The van der Waals surface area contributed by atoms with Crippen LogP contribution in [0.1, 0.15) is 24.1 Å². The first-order valence-corrected chi connectivity index (χ1v) is 9.81. The van der Waals surface area contributed by atoms with Crippen LogP contribution in [0.5, 0.6) is 0 Å². The minimum Gasteiger partial charge on any atom is -0.341 e. The highest BCUT2D eigenvalue weighted by molar-refractivity contribution is 7.99. The molecule has 1 amide bonds. The Hall–Kier alpha value is -1.53. The molecule has 3 heterocycles. The van der Waals surface area contributed by atoms with E-state index in [9.17, 15) is 4.79 Å². The monoisotopic (exact) mass is 344 g/mol. The van der Waals surface area contributed by atoms with E-state index in [1.165, 1.54) is 12.0 Å². The molecule has 24 heavy (non-hydrogen) atoms. The fraction of sp³-hybridized carbons (Fsp3) is 0.556. The van der Waals surface area contributed by atoms with Gasteiger partial charge in [0.05, 0.1) is 11.4 Å². The molecular formula is C18H24N4OS. The van der Waals surface area contributed by atoms with Gasteiger partial charge in [-0.25, -0.2) is 4.98 Å². The number of fused-ring (bicyclic) bond motifs is 2. The Balaban J connectivity index is 1.30. The third-order valence-electron chi connectivity index (χ3n) is 5.39. The van der Waals surface area contributed by atoms with Crippen LogP contribution in [-0.2, 0) is 10.5 Å². The molecule has 128 valence electrons. The zero-order chi connectivity index (χ0) is 16.7. The number of aromatic nitrogens is 2. The number of nitrogens with zero attached hydrogens (tertiary/aromatic N) is 3. The molecule has 0 aromatic carbocycles. The van der Waals surface area contributed by atoms with Gasteiger partial charge in [0.2, 0.25) is 5.91 Å². The van der Waals surface area contributed by atoms with E-state index < -0.39 is 0 Å². The maximum atomic E-state index is 12.4. The summed E-state index contributed by atoms with van der Waals surface area (Å²) in [5, 5.41) is 0. The molecule has 0 spiro atoms. The van der Waals surface area contributed by atoms with Crippen LogP contribution in [0.25, 0.3) is 5.65 Å². The van der Waals surface area contributed by atoms with Crippen molar-refractivity contribution in [1.29, 1.82) is 0 Å². The molecule has 5 nitrogen and oxygen atoms in total. The van der Waals surface area contributed by atoms with Gasteiger partial charge in [0.25, 0.3) is 0 Å². The summed E-state index contributed by atoms with van der Waals surface area (Å²) < 4.78 is 2.05. The zero-order valence-electron chi connectivity index (χ0n) is 14.0. The van der Waals surface area contributed by atoms with Gasteiger partial charge >= 0.3 is 0 Å². The van der Waals surface area contributed by atoms with Crippen molar-refractivity contribution in [2.24, 2.45) is 17.6 Å². The lowest BCUT2D eigenvalue weighted by molar-refractivity contribution is -0.127. The summed E-state index contributed by atoms with van der Waals surface area (Å²) in [5.74, 6) is 2.71. The third-order valence-corrected chi connectivity index (χ3v) is 6.34. The molecule has 3 unspecified atom stereocenters. The highest BCUT2D eigenvalue weighted by Crippen LogP contribution is 2.37. The topological polar surface area (TPSA) is 63.6 Å². The molecular weight excluding hydrogens is 320 g/mol. The molecule has 2 N–H and O–H groups in total. The Labute approximate surface area is 146 Å². The van der Waals surface area contributed by atoms with E-state index in [1.54, 1.807) is 11.8 Å². The van der Waals surface area contributed by atoms with E-state index in [0.717, 1.165) is 36.6 Å². The summed E-state index contributed by atoms with van der Waals surface area (Å²) in [6.07, 6.45) is 6.44. The third kappa shape index (κ3) is 3.05. The van der Waals surface area contributed by atoms with Gasteiger partial charge in [0.15, 0.2) is 0 Å². The number of nitrogens with two attached hydrogens (primary N) is 1. The van der Waals surface area contributed by atoms with Crippen molar-refractivity contribution in [2.45, 2.75) is 31.6 Å². The summed E-state index contributed by atoms with van der Waals surface area (Å²) in [6, 6.07) is 4.39. The number of amides is 1. The fourth-order valence-electron chi connectivity index (χ4n) is 4.07. The number of imidazole rings is 1. The minimum atomic E-state index is 0.251. The van der Waals surface area contributed by atoms with Crippen LogP contribution < -0.4 is 5.73 Å². The van der Waals surface area contributed by atoms with Crippen LogP contribution in [0.15, 0.2) is 24.5 Å². The van der Waals surface area contributed by atoms with Gasteiger partial charge in [-0.3, -0.25) is 4.79 Å². The number of aryl methyl sites for hydroxylation is 1. The lowest BCUT2D eigenvalue weighted by Gasteiger charge is -2.18. The van der Waals surface area contributed by atoms with E-state index >= 15 is 0 Å². The fourth-order valence-corrected chi connectivity index (χ4v) is 4.88. The second-order valence-electron chi connectivity index (χ2n) is 7.16. The van der Waals surface area contributed by atoms with Crippen molar-refractivity contribution >= 4 is 23.3 Å². The van der Waals surface area contributed by atoms with Crippen molar-refractivity contribution in [3.8, 4) is 0 Å². The van der Waals surface area contributed by atoms with Gasteiger partial charge < -0.3 is 15.0 Å². The smallest absolute Gasteiger partial charge is 0.232 e. The Morgan fingerprint density at radius 1 is 1.33 bits per heavy atom. The van der Waals surface area contributed by atoms with Crippen molar-refractivity contribution in [3.05, 3.63) is 35.8 Å². The van der Waals surface area contributed by atoms with Crippen molar-refractivity contribution < 1.29 is 4.79 Å². The molecule has 4 rings (SSSR count). The molecule has 2 aromatic heterocycles. The largest absolute Gasteiger partial charge is 0.341 e. The molecule has 0 radical (unpaired) electrons. The Bertz CT molecular complexity index is 759. The summed E-state index contributed by atoms with van der Waals surface area (Å²) in [7, 11) is 0. The molecule has 2 aromatic rings. The predicted octanol–water partition coefficient (Wildman–Crippen LogP) is 2.07. The Morgan fingerprint density at radius 2 is 2.21 bits per heavy atom. The Kier molecular flexibility index (Phi) is 4.26. The summed E-state index contributed by atoms with van der Waals surface area (Å²) in [4.78, 5) is 19.1. The number of pyridine rings is 1. The zero-order valence-corrected chi connectivity index (χ0v) is 14.8. The maximum Gasteiger partial charge on any atom is 0.232 e. The number of carbonyl (C=O) groups excluding carboxylic acids is 1. The molecule has 1 saturated heterocycles. The summed E-state index contributed by atoms with van der Waals surface area (Å²) >= 11 is 1.65. The number of thioether (sulfide) groups is 1. The normalized spacial score (nSPS) is 26.2. The molecule has 1 aliphatic carbocycles. The number of hydrogen-bond acceptors (Lipinski definition) is 4. The summed E-state index contributed by atoms with van der Waals surface area (Å²) in [5.41, 5.74) is 9.36. The van der Waals surface area contributed by atoms with Crippen LogP contribution in [0.3, 0.4) is 0 Å². The lowest BCUT2D eigenvalue weighted by Crippen LogP contribution is -2.34. The van der Waals surface area contributed by atoms with Crippen molar-refractivity contribution in [1.82, 2.24) is 14.3 Å². The first-order valence-electron chi connectivity index (χ1n) is 8.65. The van der Waals surface area contributed by atoms with Gasteiger partial charge in [-0.05, 0) is 43.2 Å². The van der Waals surface area contributed by atoms with Crippen LogP contribution in [0.2, 0.25) is 0 Å². The SMILES string of the molecule is Cc1ccc2nc(CSCC(=O)N3CC4CCC(N)C4C3)cn2c1. The summed E-state index contributed by atoms with van der Waals surface area (Å²) in [6.45, 7) is 3.84. The van der Waals surface area contributed by atoms with Gasteiger partial charge in [-0.15, -0.1) is 11.8 Å². The number of hydrogen-bond donors (Lipinski definition) is 1. The molecule has 2 fully saturated rings. The predicted molar refractivity (Wildman–Crippen MR) is 96.9 cm³/mol. The van der Waals surface area contributed by atoms with Gasteiger partial charge in [0.1, 0.15) is 5.65 Å². The van der Waals surface area contributed by atoms with E-state index in [1.807, 2.05) is 11.0 Å². The first kappa shape index (κ1) is 16.0. The molecule has 2 aliphatic rings. The quantitative estimate of drug-likeness (QED) is 0.922. The molecule has 1 saturated carbocycles. The number of carbonyl (C=O) groups is 1. The van der Waals surface area contributed by atoms with Crippen molar-refractivity contribution in [3.63, 3.8) is 0 Å². The molecule has 3 atom stereocenters. The number of likely N-dealkylation sites (tertiary alicyclic amines) is 1. The van der Waals surface area contributed by atoms with Gasteiger partial charge in [0, 0.05) is 37.3 Å². The van der Waals surface area contributed by atoms with Crippen LogP contribution in [0, 0.1) is 18.8 Å². The lowest BCUT2D eigenvalue weighted by atomic mass is 9.98. The highest BCUT2D eigenvalue weighted by atomic mass is 32.2. The molecule has 1 aliphatic heterocycles. The van der Waals surface area contributed by atoms with E-state index in [-0.39, 0.29) is 5.91 Å². The standard InChI is InChI=1S/C18H24N4OS/c1-12-2-5-17-20-14(8-21(17)6-12)10-24-11-18(23)22-7-13-3-4-16(19)15(13)9-22/h2,5-6,8,13,15-16H,3-4,7,9-11,19H2,1H3. The number of rotatable bonds is 4. The average molecular weight is 344 g/mol. The van der Waals surface area contributed by atoms with Crippen LogP contribution in [0.4, 0.5) is 0 Å². The highest BCUT2D eigenvalue weighted by Gasteiger charge is 2.42. The van der Waals surface area contributed by atoms with Gasteiger partial charge in [-0.2, -0.15) is 0 Å². The molecule has 0 bridgehead atoms. The van der Waals surface area contributed by atoms with E-state index in [2.05, 4.69) is 34.8 Å². The maximum absolute atomic E-state index is 12.4. The van der Waals surface area contributed by atoms with Gasteiger partial charge in [-0.1, -0.05) is 6.07 Å². The Morgan fingerprint density at radius 3 is 3.04 bits per heavy atom. The average Bonchev–Trinajstić information content (AvgIpc) is 3.22. The van der Waals surface area contributed by atoms with E-state index in [0.29, 0.717) is 23.6 Å². The van der Waals surface area contributed by atoms with E-state index in [4.69, 9.17) is 5.73 Å². The second-order valence-corrected chi connectivity index (χ2v) is 8.15. The second kappa shape index (κ2) is 6.41. The van der Waals surface area contributed by atoms with Crippen molar-refractivity contribution in [2.75, 3.05) is 18.8 Å². The minimum absolute atomic E-state index is 0.251.